The Morgan fingerprint density at radius 2 is 1.46 bits per heavy atom. The van der Waals surface area contributed by atoms with E-state index in [2.05, 4.69) is 9.98 Å². The van der Waals surface area contributed by atoms with Gasteiger partial charge in [0.05, 0.1) is 0 Å². The molecule has 0 N–H and O–H groups in total. The number of alkyl halides is 6. The zero-order valence-electron chi connectivity index (χ0n) is 11.8. The van der Waals surface area contributed by atoms with Crippen LogP contribution in [0, 0.1) is 0 Å². The van der Waals surface area contributed by atoms with E-state index in [-0.39, 0.29) is 5.56 Å². The van der Waals surface area contributed by atoms with Crippen molar-refractivity contribution in [2.75, 3.05) is 0 Å². The molecular formula is C15H9F6N3. The Morgan fingerprint density at radius 1 is 0.833 bits per heavy atom. The van der Waals surface area contributed by atoms with Crippen LogP contribution in [0.1, 0.15) is 5.56 Å². The normalized spacial score (nSPS) is 19.7. The number of benzene rings is 1. The van der Waals surface area contributed by atoms with Crippen molar-refractivity contribution in [2.24, 2.45) is 9.98 Å². The van der Waals surface area contributed by atoms with Gasteiger partial charge in [0.15, 0.2) is 0 Å². The van der Waals surface area contributed by atoms with Crippen LogP contribution in [0.15, 0.2) is 64.7 Å². The van der Waals surface area contributed by atoms with Crippen LogP contribution in [0.5, 0.6) is 0 Å². The van der Waals surface area contributed by atoms with Crippen molar-refractivity contribution in [3.05, 3.63) is 60.3 Å². The number of aliphatic imine (C=N–C) groups is 2. The minimum Gasteiger partial charge on any atom is -0.286 e. The van der Waals surface area contributed by atoms with Gasteiger partial charge in [-0.25, -0.2) is 9.98 Å². The van der Waals surface area contributed by atoms with Crippen LogP contribution >= 0.6 is 0 Å². The summed E-state index contributed by atoms with van der Waals surface area (Å²) in [4.78, 5) is 7.04. The third-order valence-corrected chi connectivity index (χ3v) is 3.43. The van der Waals surface area contributed by atoms with Gasteiger partial charge in [0.25, 0.3) is 0 Å². The van der Waals surface area contributed by atoms with Crippen molar-refractivity contribution >= 4 is 11.7 Å². The molecule has 126 valence electrons. The molecule has 3 nitrogen and oxygen atoms in total. The van der Waals surface area contributed by atoms with Crippen LogP contribution in [0.25, 0.3) is 0 Å². The summed E-state index contributed by atoms with van der Waals surface area (Å²) in [5, 5.41) is 0. The van der Waals surface area contributed by atoms with Crippen LogP contribution in [-0.2, 0) is 0 Å². The van der Waals surface area contributed by atoms with E-state index >= 15 is 0 Å². The maximum absolute atomic E-state index is 13.3. The number of hydrogen-bond donors (Lipinski definition) is 0. The number of hydrogen-bond acceptors (Lipinski definition) is 3. The third-order valence-electron chi connectivity index (χ3n) is 3.43. The Bertz CT molecular complexity index is 742. The summed E-state index contributed by atoms with van der Waals surface area (Å²) >= 11 is 0. The average Bonchev–Trinajstić information content (AvgIpc) is 2.52. The fourth-order valence-corrected chi connectivity index (χ4v) is 2.31. The van der Waals surface area contributed by atoms with Gasteiger partial charge in [-0.2, -0.15) is 26.3 Å². The molecule has 1 aromatic rings. The fourth-order valence-electron chi connectivity index (χ4n) is 2.31. The molecule has 0 bridgehead atoms. The van der Waals surface area contributed by atoms with Gasteiger partial charge in [0.2, 0.25) is 0 Å². The predicted molar refractivity (Wildman–Crippen MR) is 75.4 cm³/mol. The quantitative estimate of drug-likeness (QED) is 0.706. The molecule has 0 aliphatic carbocycles. The van der Waals surface area contributed by atoms with Gasteiger partial charge >= 0.3 is 18.0 Å². The molecule has 1 aromatic carbocycles. The Labute approximate surface area is 132 Å². The molecule has 0 amide bonds. The molecule has 0 spiro atoms. The van der Waals surface area contributed by atoms with E-state index in [9.17, 15) is 26.3 Å². The zero-order valence-corrected chi connectivity index (χ0v) is 11.8. The first-order valence-electron chi connectivity index (χ1n) is 6.68. The lowest BCUT2D eigenvalue weighted by atomic mass is 10.1. The summed E-state index contributed by atoms with van der Waals surface area (Å²) in [6, 6.07) is 7.34. The number of nitrogens with zero attached hydrogens (tertiary/aromatic N) is 3. The summed E-state index contributed by atoms with van der Waals surface area (Å²) in [5.41, 5.74) is -4.42. The minimum absolute atomic E-state index is 0.114. The van der Waals surface area contributed by atoms with E-state index in [0.29, 0.717) is 0 Å². The second-order valence-electron chi connectivity index (χ2n) is 5.01. The molecule has 0 unspecified atom stereocenters. The van der Waals surface area contributed by atoms with Crippen LogP contribution in [0.4, 0.5) is 26.3 Å². The monoisotopic (exact) mass is 345 g/mol. The molecule has 0 radical (unpaired) electrons. The molecule has 3 rings (SSSR count). The fraction of sp³-hybridized carbons (Fsp3) is 0.200. The van der Waals surface area contributed by atoms with Crippen molar-refractivity contribution in [3.8, 4) is 0 Å². The first-order chi connectivity index (χ1) is 11.2. The van der Waals surface area contributed by atoms with E-state index in [4.69, 9.17) is 0 Å². The molecule has 24 heavy (non-hydrogen) atoms. The molecule has 2 aliphatic heterocycles. The van der Waals surface area contributed by atoms with Crippen molar-refractivity contribution < 1.29 is 26.3 Å². The van der Waals surface area contributed by atoms with E-state index in [1.54, 1.807) is 6.07 Å². The number of halogens is 6. The molecule has 2 aliphatic rings. The highest BCUT2D eigenvalue weighted by atomic mass is 19.4. The molecule has 0 aromatic heterocycles. The van der Waals surface area contributed by atoms with E-state index in [0.717, 1.165) is 11.0 Å². The van der Waals surface area contributed by atoms with Crippen molar-refractivity contribution in [2.45, 2.75) is 18.0 Å². The van der Waals surface area contributed by atoms with E-state index < -0.39 is 29.7 Å². The third kappa shape index (κ3) is 2.40. The molecular weight excluding hydrogens is 336 g/mol. The Morgan fingerprint density at radius 3 is 2.04 bits per heavy atom. The van der Waals surface area contributed by atoms with Gasteiger partial charge < -0.3 is 0 Å². The number of fused-ring (bicyclic) bond motifs is 1. The highest BCUT2D eigenvalue weighted by molar-refractivity contribution is 6.15. The maximum Gasteiger partial charge on any atom is 0.443 e. The number of allylic oxidation sites excluding steroid dienone is 2. The van der Waals surface area contributed by atoms with E-state index in [1.165, 1.54) is 42.6 Å². The summed E-state index contributed by atoms with van der Waals surface area (Å²) in [6.07, 6.45) is -6.32. The van der Waals surface area contributed by atoms with Gasteiger partial charge in [-0.15, -0.1) is 0 Å². The van der Waals surface area contributed by atoms with Crippen LogP contribution in [0.3, 0.4) is 0 Å². The smallest absolute Gasteiger partial charge is 0.286 e. The topological polar surface area (TPSA) is 28.0 Å². The van der Waals surface area contributed by atoms with Crippen LogP contribution < -0.4 is 0 Å². The molecule has 0 fully saturated rings. The largest absolute Gasteiger partial charge is 0.443 e. The Hall–Kier alpha value is -2.58. The van der Waals surface area contributed by atoms with Gasteiger partial charge in [-0.3, -0.25) is 4.90 Å². The number of amidine groups is 2. The van der Waals surface area contributed by atoms with Crippen LogP contribution in [-0.4, -0.2) is 34.6 Å². The molecule has 2 heterocycles. The summed E-state index contributed by atoms with van der Waals surface area (Å²) in [6.45, 7) is 0. The highest BCUT2D eigenvalue weighted by Gasteiger charge is 2.73. The molecule has 9 heteroatoms. The van der Waals surface area contributed by atoms with Gasteiger partial charge in [-0.05, 0) is 12.2 Å². The summed E-state index contributed by atoms with van der Waals surface area (Å²) in [5.74, 6) is -0.961. The zero-order chi connectivity index (χ0) is 17.6. The lowest BCUT2D eigenvalue weighted by Crippen LogP contribution is -2.58. The molecule has 0 saturated carbocycles. The average molecular weight is 345 g/mol. The number of rotatable bonds is 1. The van der Waals surface area contributed by atoms with Gasteiger partial charge in [0, 0.05) is 11.8 Å². The summed E-state index contributed by atoms with van der Waals surface area (Å²) in [7, 11) is 0. The van der Waals surface area contributed by atoms with Gasteiger partial charge in [-0.1, -0.05) is 36.4 Å². The standard InChI is InChI=1S/C15H9F6N3/c16-14(17,18)13(15(19,20)21)22-11-8-4-5-9-24(11)12(23-13)10-6-2-1-3-7-10/h1-9H. The van der Waals surface area contributed by atoms with Crippen molar-refractivity contribution in [3.63, 3.8) is 0 Å². The second-order valence-corrected chi connectivity index (χ2v) is 5.01. The summed E-state index contributed by atoms with van der Waals surface area (Å²) < 4.78 is 80.1. The molecule has 0 atom stereocenters. The maximum atomic E-state index is 13.3. The Balaban J connectivity index is 2.29. The first-order valence-corrected chi connectivity index (χ1v) is 6.68. The SMILES string of the molecule is FC(F)(F)C1(C(F)(F)F)N=C2C=CC=CN2C(c2ccccc2)=N1. The van der Waals surface area contributed by atoms with Gasteiger partial charge in [0.1, 0.15) is 11.7 Å². The van der Waals surface area contributed by atoms with Crippen molar-refractivity contribution in [1.29, 1.82) is 0 Å². The minimum atomic E-state index is -5.74. The second kappa shape index (κ2) is 5.22. The van der Waals surface area contributed by atoms with Crippen LogP contribution in [0.2, 0.25) is 0 Å². The highest BCUT2D eigenvalue weighted by Crippen LogP contribution is 2.49. The lowest BCUT2D eigenvalue weighted by molar-refractivity contribution is -0.292. The first kappa shape index (κ1) is 16.3. The van der Waals surface area contributed by atoms with Crippen molar-refractivity contribution in [1.82, 2.24) is 4.90 Å². The van der Waals surface area contributed by atoms with E-state index in [1.807, 2.05) is 0 Å². The predicted octanol–water partition coefficient (Wildman–Crippen LogP) is 4.05. The Kier molecular flexibility index (Phi) is 3.54. The molecule has 0 saturated heterocycles. The lowest BCUT2D eigenvalue weighted by Gasteiger charge is -2.38.